The third-order valence-electron chi connectivity index (χ3n) is 4.36. The highest BCUT2D eigenvalue weighted by Gasteiger charge is 2.52. The van der Waals surface area contributed by atoms with Gasteiger partial charge in [0.25, 0.3) is 0 Å². The third kappa shape index (κ3) is 3.33. The molecule has 0 saturated carbocycles. The third-order valence-corrected chi connectivity index (χ3v) is 4.36. The zero-order valence-corrected chi connectivity index (χ0v) is 13.7. The molecule has 21 heavy (non-hydrogen) atoms. The molecule has 1 aromatic carbocycles. The Morgan fingerprint density at radius 1 is 1.14 bits per heavy atom. The Morgan fingerprint density at radius 2 is 1.71 bits per heavy atom. The summed E-state index contributed by atoms with van der Waals surface area (Å²) in [6.45, 7) is 14.8. The first-order valence-electron chi connectivity index (χ1n) is 7.51. The predicted molar refractivity (Wildman–Crippen MR) is 87.1 cm³/mol. The van der Waals surface area contributed by atoms with Crippen molar-refractivity contribution >= 4 is 12.6 Å². The molecule has 4 heteroatoms. The van der Waals surface area contributed by atoms with E-state index >= 15 is 0 Å². The van der Waals surface area contributed by atoms with Gasteiger partial charge in [0.15, 0.2) is 0 Å². The maximum atomic E-state index is 6.10. The quantitative estimate of drug-likeness (QED) is 0.614. The molecule has 0 radical (unpaired) electrons. The maximum Gasteiger partial charge on any atom is 0.498 e. The van der Waals surface area contributed by atoms with E-state index in [1.165, 1.54) is 0 Å². The van der Waals surface area contributed by atoms with Gasteiger partial charge < -0.3 is 14.0 Å². The topological polar surface area (TPSA) is 27.7 Å². The van der Waals surface area contributed by atoms with Crippen LogP contribution >= 0.6 is 0 Å². The molecule has 0 atom stereocenters. The van der Waals surface area contributed by atoms with E-state index < -0.39 is 7.12 Å². The van der Waals surface area contributed by atoms with Crippen LogP contribution < -0.4 is 10.2 Å². The van der Waals surface area contributed by atoms with Crippen molar-refractivity contribution in [3.8, 4) is 5.75 Å². The fourth-order valence-corrected chi connectivity index (χ4v) is 2.06. The van der Waals surface area contributed by atoms with E-state index in [4.69, 9.17) is 14.0 Å². The Morgan fingerprint density at radius 3 is 2.29 bits per heavy atom. The van der Waals surface area contributed by atoms with Crippen LogP contribution in [0.2, 0.25) is 0 Å². The van der Waals surface area contributed by atoms with E-state index in [0.29, 0.717) is 6.61 Å². The first-order chi connectivity index (χ1) is 9.77. The van der Waals surface area contributed by atoms with Crippen molar-refractivity contribution in [2.75, 3.05) is 6.61 Å². The highest BCUT2D eigenvalue weighted by atomic mass is 16.7. The van der Waals surface area contributed by atoms with Crippen molar-refractivity contribution in [3.05, 3.63) is 36.4 Å². The molecule has 1 saturated heterocycles. The van der Waals surface area contributed by atoms with Crippen LogP contribution in [0.1, 0.15) is 41.0 Å². The second-order valence-electron chi connectivity index (χ2n) is 6.52. The second kappa shape index (κ2) is 5.86. The SMILES string of the molecule is C=C(CC)COc1ccccc1B1OC(C)(C)C(C)(C)O1. The van der Waals surface area contributed by atoms with Crippen LogP contribution in [0.15, 0.2) is 36.4 Å². The molecule has 2 rings (SSSR count). The van der Waals surface area contributed by atoms with Crippen molar-refractivity contribution in [1.29, 1.82) is 0 Å². The summed E-state index contributed by atoms with van der Waals surface area (Å²) in [6, 6.07) is 7.87. The molecule has 1 heterocycles. The highest BCUT2D eigenvalue weighted by Crippen LogP contribution is 2.37. The Balaban J connectivity index is 2.20. The first-order valence-corrected chi connectivity index (χ1v) is 7.51. The average Bonchev–Trinajstić information content (AvgIpc) is 2.65. The lowest BCUT2D eigenvalue weighted by atomic mass is 9.78. The number of ether oxygens (including phenoxy) is 1. The van der Waals surface area contributed by atoms with Crippen LogP contribution in [-0.2, 0) is 9.31 Å². The minimum atomic E-state index is -0.402. The number of benzene rings is 1. The summed E-state index contributed by atoms with van der Waals surface area (Å²) in [6.07, 6.45) is 0.915. The van der Waals surface area contributed by atoms with E-state index in [2.05, 4.69) is 41.2 Å². The standard InChI is InChI=1S/C17H25BO3/c1-7-13(2)12-19-15-11-9-8-10-14(15)18-20-16(3,4)17(5,6)21-18/h8-11H,2,7,12H2,1,3-6H3. The van der Waals surface area contributed by atoms with Crippen LogP contribution in [0.3, 0.4) is 0 Å². The van der Waals surface area contributed by atoms with Crippen molar-refractivity contribution in [2.24, 2.45) is 0 Å². The summed E-state index contributed by atoms with van der Waals surface area (Å²) in [7, 11) is -0.402. The molecular formula is C17H25BO3. The van der Waals surface area contributed by atoms with E-state index in [0.717, 1.165) is 23.2 Å². The lowest BCUT2D eigenvalue weighted by Gasteiger charge is -2.32. The number of hydrogen-bond donors (Lipinski definition) is 0. The molecule has 0 aliphatic carbocycles. The molecule has 0 unspecified atom stereocenters. The summed E-state index contributed by atoms with van der Waals surface area (Å²) in [4.78, 5) is 0. The van der Waals surface area contributed by atoms with Gasteiger partial charge in [-0.3, -0.25) is 0 Å². The van der Waals surface area contributed by atoms with Crippen molar-refractivity contribution < 1.29 is 14.0 Å². The van der Waals surface area contributed by atoms with Gasteiger partial charge >= 0.3 is 7.12 Å². The van der Waals surface area contributed by atoms with Crippen LogP contribution in [-0.4, -0.2) is 24.9 Å². The molecule has 1 aliphatic heterocycles. The molecule has 0 aromatic heterocycles. The first kappa shape index (κ1) is 16.1. The maximum absolute atomic E-state index is 6.10. The van der Waals surface area contributed by atoms with Gasteiger partial charge in [0.05, 0.1) is 11.2 Å². The van der Waals surface area contributed by atoms with Crippen molar-refractivity contribution in [2.45, 2.75) is 52.2 Å². The van der Waals surface area contributed by atoms with Crippen LogP contribution in [0.5, 0.6) is 5.75 Å². The molecule has 1 fully saturated rings. The summed E-state index contributed by atoms with van der Waals surface area (Å²) in [5.74, 6) is 0.797. The zero-order chi connectivity index (χ0) is 15.7. The van der Waals surface area contributed by atoms with Crippen molar-refractivity contribution in [3.63, 3.8) is 0 Å². The van der Waals surface area contributed by atoms with Gasteiger partial charge in [-0.1, -0.05) is 31.7 Å². The minimum Gasteiger partial charge on any atom is -0.490 e. The van der Waals surface area contributed by atoms with Gasteiger partial charge in [-0.05, 0) is 45.8 Å². The monoisotopic (exact) mass is 288 g/mol. The van der Waals surface area contributed by atoms with Gasteiger partial charge in [0.2, 0.25) is 0 Å². The normalized spacial score (nSPS) is 19.6. The number of hydrogen-bond acceptors (Lipinski definition) is 3. The van der Waals surface area contributed by atoms with Crippen LogP contribution in [0.4, 0.5) is 0 Å². The van der Waals surface area contributed by atoms with Gasteiger partial charge in [0.1, 0.15) is 12.4 Å². The smallest absolute Gasteiger partial charge is 0.490 e. The molecule has 1 aromatic rings. The second-order valence-corrected chi connectivity index (χ2v) is 6.52. The van der Waals surface area contributed by atoms with Gasteiger partial charge in [0, 0.05) is 5.46 Å². The summed E-state index contributed by atoms with van der Waals surface area (Å²) < 4.78 is 18.1. The summed E-state index contributed by atoms with van der Waals surface area (Å²) >= 11 is 0. The molecule has 1 aliphatic rings. The molecule has 3 nitrogen and oxygen atoms in total. The fourth-order valence-electron chi connectivity index (χ4n) is 2.06. The Bertz CT molecular complexity index is 507. The molecule has 0 bridgehead atoms. The van der Waals surface area contributed by atoms with Gasteiger partial charge in [-0.2, -0.15) is 0 Å². The molecule has 0 amide bonds. The fraction of sp³-hybridized carbons (Fsp3) is 0.529. The molecule has 0 N–H and O–H groups in total. The average molecular weight is 288 g/mol. The summed E-state index contributed by atoms with van der Waals surface area (Å²) in [5.41, 5.74) is 1.30. The van der Waals surface area contributed by atoms with Gasteiger partial charge in [-0.15, -0.1) is 0 Å². The van der Waals surface area contributed by atoms with E-state index in [1.54, 1.807) is 0 Å². The minimum absolute atomic E-state index is 0.349. The Kier molecular flexibility index (Phi) is 4.50. The predicted octanol–water partition coefficient (Wildman–Crippen LogP) is 3.33. The van der Waals surface area contributed by atoms with Crippen LogP contribution in [0, 0.1) is 0 Å². The molecule has 114 valence electrons. The largest absolute Gasteiger partial charge is 0.498 e. The summed E-state index contributed by atoms with van der Waals surface area (Å²) in [5, 5.41) is 0. The van der Waals surface area contributed by atoms with E-state index in [-0.39, 0.29) is 11.2 Å². The lowest BCUT2D eigenvalue weighted by molar-refractivity contribution is 0.00578. The Hall–Kier alpha value is -1.26. The number of rotatable bonds is 5. The van der Waals surface area contributed by atoms with E-state index in [1.807, 2.05) is 24.3 Å². The van der Waals surface area contributed by atoms with Gasteiger partial charge in [-0.25, -0.2) is 0 Å². The Labute approximate surface area is 128 Å². The lowest BCUT2D eigenvalue weighted by Crippen LogP contribution is -2.41. The van der Waals surface area contributed by atoms with Crippen molar-refractivity contribution in [1.82, 2.24) is 0 Å². The van der Waals surface area contributed by atoms with E-state index in [9.17, 15) is 0 Å². The molecular weight excluding hydrogens is 263 g/mol. The number of para-hydroxylation sites is 1. The zero-order valence-electron chi connectivity index (χ0n) is 13.7. The highest BCUT2D eigenvalue weighted by molar-refractivity contribution is 6.63. The molecule has 0 spiro atoms. The van der Waals surface area contributed by atoms with Crippen LogP contribution in [0.25, 0.3) is 0 Å².